The lowest BCUT2D eigenvalue weighted by atomic mass is 10.0. The second-order valence-electron chi connectivity index (χ2n) is 9.19. The molecule has 3 heterocycles. The Hall–Kier alpha value is -3.46. The maximum atomic E-state index is 13.5. The first-order chi connectivity index (χ1) is 16.4. The molecule has 9 heteroatoms. The summed E-state index contributed by atoms with van der Waals surface area (Å²) < 4.78 is 0. The third-order valence-corrected chi connectivity index (χ3v) is 6.21. The van der Waals surface area contributed by atoms with Gasteiger partial charge in [-0.05, 0) is 44.5 Å². The molecule has 0 aliphatic carbocycles. The number of nitrogens with one attached hydrogen (secondary N) is 3. The molecular formula is C25H32N6O3. The molecule has 3 atom stereocenters. The molecule has 2 saturated heterocycles. The highest BCUT2D eigenvalue weighted by atomic mass is 16.2. The molecule has 0 radical (unpaired) electrons. The number of rotatable bonds is 7. The standard InChI is InChI=1S/C25H32N6O3/c1-17(2)28-25(34)29-20-12-21-16-30(14-19-10-6-7-11-26-19)22(24(33)31(21)15-20)13-27-23(32)18-8-4-3-5-9-18/h3-11,17,20-22H,12-16H2,1-2H3,(H,27,32)(H2,28,29,34)/t20-,21-,22-/m0/s1. The Morgan fingerprint density at radius 1 is 1.09 bits per heavy atom. The number of urea groups is 1. The molecule has 2 aliphatic heterocycles. The molecule has 0 bridgehead atoms. The van der Waals surface area contributed by atoms with Crippen LogP contribution in [-0.2, 0) is 11.3 Å². The van der Waals surface area contributed by atoms with Crippen molar-refractivity contribution in [2.75, 3.05) is 19.6 Å². The number of carbonyl (C=O) groups excluding carboxylic acids is 3. The van der Waals surface area contributed by atoms with Gasteiger partial charge in [-0.15, -0.1) is 0 Å². The Kier molecular flexibility index (Phi) is 7.42. The van der Waals surface area contributed by atoms with E-state index in [1.807, 2.05) is 55.1 Å². The maximum Gasteiger partial charge on any atom is 0.315 e. The number of piperazine rings is 1. The quantitative estimate of drug-likeness (QED) is 0.574. The zero-order chi connectivity index (χ0) is 24.1. The van der Waals surface area contributed by atoms with Crippen molar-refractivity contribution in [1.82, 2.24) is 30.7 Å². The van der Waals surface area contributed by atoms with Gasteiger partial charge >= 0.3 is 6.03 Å². The van der Waals surface area contributed by atoms with Crippen molar-refractivity contribution < 1.29 is 14.4 Å². The zero-order valence-corrected chi connectivity index (χ0v) is 19.6. The van der Waals surface area contributed by atoms with Crippen molar-refractivity contribution in [2.24, 2.45) is 0 Å². The van der Waals surface area contributed by atoms with Gasteiger partial charge < -0.3 is 20.9 Å². The summed E-state index contributed by atoms with van der Waals surface area (Å²) in [5, 5.41) is 8.77. The number of benzene rings is 1. The third kappa shape index (κ3) is 5.72. The Balaban J connectivity index is 1.46. The SMILES string of the molecule is CC(C)NC(=O)N[C@H]1C[C@H]2CN(Cc3ccccn3)[C@@H](CNC(=O)c3ccccc3)C(=O)N2C1. The third-order valence-electron chi connectivity index (χ3n) is 6.21. The Labute approximate surface area is 199 Å². The van der Waals surface area contributed by atoms with Gasteiger partial charge in [0, 0.05) is 50.0 Å². The molecule has 4 rings (SSSR count). The van der Waals surface area contributed by atoms with Crippen molar-refractivity contribution in [3.05, 3.63) is 66.0 Å². The lowest BCUT2D eigenvalue weighted by Gasteiger charge is -2.42. The second-order valence-corrected chi connectivity index (χ2v) is 9.19. The van der Waals surface area contributed by atoms with Crippen molar-refractivity contribution in [1.29, 1.82) is 0 Å². The van der Waals surface area contributed by atoms with Crippen LogP contribution in [0.4, 0.5) is 4.79 Å². The van der Waals surface area contributed by atoms with Crippen molar-refractivity contribution in [2.45, 2.75) is 51.0 Å². The van der Waals surface area contributed by atoms with Crippen molar-refractivity contribution in [3.63, 3.8) is 0 Å². The summed E-state index contributed by atoms with van der Waals surface area (Å²) in [6.07, 6.45) is 2.43. The van der Waals surface area contributed by atoms with Crippen LogP contribution in [0.2, 0.25) is 0 Å². The predicted molar refractivity (Wildman–Crippen MR) is 128 cm³/mol. The molecule has 2 fully saturated rings. The van der Waals surface area contributed by atoms with Crippen LogP contribution in [0.15, 0.2) is 54.7 Å². The highest BCUT2D eigenvalue weighted by molar-refractivity contribution is 5.94. The Bertz CT molecular complexity index is 1000. The van der Waals surface area contributed by atoms with Crippen LogP contribution in [0.25, 0.3) is 0 Å². The van der Waals surface area contributed by atoms with Gasteiger partial charge in [0.1, 0.15) is 6.04 Å². The van der Waals surface area contributed by atoms with E-state index in [-0.39, 0.29) is 42.5 Å². The number of hydrogen-bond donors (Lipinski definition) is 3. The number of fused-ring (bicyclic) bond motifs is 1. The number of pyridine rings is 1. The average molecular weight is 465 g/mol. The number of aromatic nitrogens is 1. The molecule has 0 unspecified atom stereocenters. The largest absolute Gasteiger partial charge is 0.350 e. The van der Waals surface area contributed by atoms with Crippen LogP contribution in [0.5, 0.6) is 0 Å². The first-order valence-corrected chi connectivity index (χ1v) is 11.8. The van der Waals surface area contributed by atoms with E-state index in [2.05, 4.69) is 25.8 Å². The Morgan fingerprint density at radius 3 is 2.56 bits per heavy atom. The molecule has 180 valence electrons. The van der Waals surface area contributed by atoms with Crippen molar-refractivity contribution >= 4 is 17.8 Å². The maximum absolute atomic E-state index is 13.5. The van der Waals surface area contributed by atoms with Gasteiger partial charge in [-0.25, -0.2) is 4.79 Å². The lowest BCUT2D eigenvalue weighted by molar-refractivity contribution is -0.143. The number of carbonyl (C=O) groups is 3. The molecule has 3 N–H and O–H groups in total. The van der Waals surface area contributed by atoms with Crippen LogP contribution in [0.3, 0.4) is 0 Å². The van der Waals surface area contributed by atoms with Gasteiger partial charge in [-0.3, -0.25) is 19.5 Å². The first kappa shape index (κ1) is 23.7. The molecule has 34 heavy (non-hydrogen) atoms. The number of amides is 4. The van der Waals surface area contributed by atoms with Crippen LogP contribution in [0.1, 0.15) is 36.3 Å². The summed E-state index contributed by atoms with van der Waals surface area (Å²) >= 11 is 0. The highest BCUT2D eigenvalue weighted by Crippen LogP contribution is 2.27. The minimum absolute atomic E-state index is 0.00152. The van der Waals surface area contributed by atoms with E-state index in [0.29, 0.717) is 31.6 Å². The summed E-state index contributed by atoms with van der Waals surface area (Å²) in [4.78, 5) is 46.7. The smallest absolute Gasteiger partial charge is 0.315 e. The monoisotopic (exact) mass is 464 g/mol. The molecular weight excluding hydrogens is 432 g/mol. The fourth-order valence-corrected chi connectivity index (χ4v) is 4.67. The van der Waals surface area contributed by atoms with E-state index in [0.717, 1.165) is 5.69 Å². The summed E-state index contributed by atoms with van der Waals surface area (Å²) in [7, 11) is 0. The molecule has 0 saturated carbocycles. The molecule has 2 aromatic rings. The molecule has 4 amide bonds. The van der Waals surface area contributed by atoms with Crippen LogP contribution in [0, 0.1) is 0 Å². The van der Waals surface area contributed by atoms with Gasteiger partial charge in [0.25, 0.3) is 5.91 Å². The van der Waals surface area contributed by atoms with E-state index >= 15 is 0 Å². The summed E-state index contributed by atoms with van der Waals surface area (Å²) in [6.45, 7) is 5.65. The first-order valence-electron chi connectivity index (χ1n) is 11.8. The predicted octanol–water partition coefficient (Wildman–Crippen LogP) is 1.37. The van der Waals surface area contributed by atoms with Gasteiger partial charge in [0.2, 0.25) is 5.91 Å². The molecule has 9 nitrogen and oxygen atoms in total. The van der Waals surface area contributed by atoms with Crippen molar-refractivity contribution in [3.8, 4) is 0 Å². The minimum atomic E-state index is -0.505. The summed E-state index contributed by atoms with van der Waals surface area (Å²) in [5.74, 6) is -0.242. The molecule has 0 spiro atoms. The number of hydrogen-bond acceptors (Lipinski definition) is 5. The normalized spacial score (nSPS) is 22.4. The minimum Gasteiger partial charge on any atom is -0.350 e. The van der Waals surface area contributed by atoms with E-state index in [9.17, 15) is 14.4 Å². The zero-order valence-electron chi connectivity index (χ0n) is 19.6. The highest BCUT2D eigenvalue weighted by Gasteiger charge is 2.45. The van der Waals surface area contributed by atoms with E-state index in [1.165, 1.54) is 0 Å². The second kappa shape index (κ2) is 10.6. The average Bonchev–Trinajstić information content (AvgIpc) is 3.21. The molecule has 1 aromatic heterocycles. The number of nitrogens with zero attached hydrogens (tertiary/aromatic N) is 3. The fourth-order valence-electron chi connectivity index (χ4n) is 4.67. The lowest BCUT2D eigenvalue weighted by Crippen LogP contribution is -2.62. The van der Waals surface area contributed by atoms with Crippen LogP contribution in [-0.4, -0.2) is 76.4 Å². The van der Waals surface area contributed by atoms with Gasteiger partial charge in [0.05, 0.1) is 11.7 Å². The molecule has 2 aliphatic rings. The topological polar surface area (TPSA) is 107 Å². The van der Waals surface area contributed by atoms with Crippen LogP contribution < -0.4 is 16.0 Å². The Morgan fingerprint density at radius 2 is 1.85 bits per heavy atom. The fraction of sp³-hybridized carbons (Fsp3) is 0.440. The van der Waals surface area contributed by atoms with Gasteiger partial charge in [-0.1, -0.05) is 24.3 Å². The van der Waals surface area contributed by atoms with Gasteiger partial charge in [0.15, 0.2) is 0 Å². The van der Waals surface area contributed by atoms with Gasteiger partial charge in [-0.2, -0.15) is 0 Å². The van der Waals surface area contributed by atoms with E-state index in [1.54, 1.807) is 18.3 Å². The summed E-state index contributed by atoms with van der Waals surface area (Å²) in [6, 6.07) is 13.9. The van der Waals surface area contributed by atoms with E-state index < -0.39 is 6.04 Å². The van der Waals surface area contributed by atoms with E-state index in [4.69, 9.17) is 0 Å². The summed E-state index contributed by atoms with van der Waals surface area (Å²) in [5.41, 5.74) is 1.42. The van der Waals surface area contributed by atoms with Crippen LogP contribution >= 0.6 is 0 Å². The molecule has 1 aromatic carbocycles.